The molecule has 1 N–H and O–H groups in total. The van der Waals surface area contributed by atoms with Crippen LogP contribution >= 0.6 is 27.3 Å². The average Bonchev–Trinajstić information content (AvgIpc) is 2.96. The van der Waals surface area contributed by atoms with E-state index in [9.17, 15) is 5.11 Å². The number of hydrogen-bond donors (Lipinski definition) is 1. The Labute approximate surface area is 129 Å². The van der Waals surface area contributed by atoms with Gasteiger partial charge in [0.05, 0.1) is 12.0 Å². The van der Waals surface area contributed by atoms with Crippen LogP contribution in [0.25, 0.3) is 10.8 Å². The molecule has 1 aromatic heterocycles. The van der Waals surface area contributed by atoms with E-state index >= 15 is 0 Å². The second kappa shape index (κ2) is 5.56. The van der Waals surface area contributed by atoms with Crippen molar-refractivity contribution in [3.05, 3.63) is 62.8 Å². The largest absolute Gasteiger partial charge is 0.495 e. The van der Waals surface area contributed by atoms with Gasteiger partial charge in [-0.15, -0.1) is 11.3 Å². The molecule has 1 heterocycles. The molecule has 0 bridgehead atoms. The number of halogens is 1. The first kappa shape index (κ1) is 13.6. The topological polar surface area (TPSA) is 29.5 Å². The number of ether oxygens (including phenoxy) is 1. The van der Waals surface area contributed by atoms with Crippen molar-refractivity contribution >= 4 is 38.0 Å². The highest BCUT2D eigenvalue weighted by molar-refractivity contribution is 9.10. The van der Waals surface area contributed by atoms with Crippen LogP contribution in [0.5, 0.6) is 5.75 Å². The Balaban J connectivity index is 2.17. The molecular formula is C16H13BrO2S. The van der Waals surface area contributed by atoms with E-state index in [0.717, 1.165) is 31.4 Å². The number of aliphatic hydroxyl groups excluding tert-OH is 1. The summed E-state index contributed by atoms with van der Waals surface area (Å²) in [5.41, 5.74) is 0.893. The van der Waals surface area contributed by atoms with Crippen molar-refractivity contribution in [2.45, 2.75) is 6.10 Å². The zero-order valence-electron chi connectivity index (χ0n) is 10.8. The molecule has 20 heavy (non-hydrogen) atoms. The monoisotopic (exact) mass is 348 g/mol. The summed E-state index contributed by atoms with van der Waals surface area (Å²) in [6.45, 7) is 0. The van der Waals surface area contributed by atoms with Gasteiger partial charge in [-0.25, -0.2) is 0 Å². The van der Waals surface area contributed by atoms with Crippen LogP contribution in [-0.2, 0) is 0 Å². The van der Waals surface area contributed by atoms with Crippen LogP contribution in [0.2, 0.25) is 0 Å². The number of aliphatic hydroxyl groups is 1. The Morgan fingerprint density at radius 3 is 2.60 bits per heavy atom. The molecule has 0 fully saturated rings. The minimum atomic E-state index is -0.678. The number of rotatable bonds is 3. The molecule has 0 radical (unpaired) electrons. The fraction of sp³-hybridized carbons (Fsp3) is 0.125. The summed E-state index contributed by atoms with van der Waals surface area (Å²) in [7, 11) is 1.62. The SMILES string of the molecule is COc1ccsc1C(O)c1ccc(Br)c2ccccc12. The highest BCUT2D eigenvalue weighted by Gasteiger charge is 2.19. The molecule has 2 aromatic carbocycles. The van der Waals surface area contributed by atoms with E-state index in [2.05, 4.69) is 15.9 Å². The third-order valence-electron chi connectivity index (χ3n) is 3.32. The average molecular weight is 349 g/mol. The molecule has 3 rings (SSSR count). The minimum absolute atomic E-state index is 0.678. The van der Waals surface area contributed by atoms with Gasteiger partial charge in [-0.3, -0.25) is 0 Å². The van der Waals surface area contributed by atoms with Gasteiger partial charge in [0.2, 0.25) is 0 Å². The van der Waals surface area contributed by atoms with Crippen molar-refractivity contribution in [1.29, 1.82) is 0 Å². The molecule has 0 spiro atoms. The Kier molecular flexibility index (Phi) is 3.78. The standard InChI is InChI=1S/C16H13BrO2S/c1-19-14-8-9-20-16(14)15(18)12-6-7-13(17)11-5-3-2-4-10(11)12/h2-9,15,18H,1H3. The maximum Gasteiger partial charge on any atom is 0.135 e. The summed E-state index contributed by atoms with van der Waals surface area (Å²) in [5, 5.41) is 14.8. The van der Waals surface area contributed by atoms with Crippen molar-refractivity contribution in [3.8, 4) is 5.75 Å². The van der Waals surface area contributed by atoms with Crippen LogP contribution in [0.15, 0.2) is 52.3 Å². The maximum absolute atomic E-state index is 10.7. The van der Waals surface area contributed by atoms with Gasteiger partial charge in [-0.2, -0.15) is 0 Å². The number of fused-ring (bicyclic) bond motifs is 1. The third-order valence-corrected chi connectivity index (χ3v) is 4.97. The summed E-state index contributed by atoms with van der Waals surface area (Å²) in [6.07, 6.45) is -0.678. The molecule has 3 aromatic rings. The van der Waals surface area contributed by atoms with Gasteiger partial charge in [-0.1, -0.05) is 46.3 Å². The lowest BCUT2D eigenvalue weighted by Gasteiger charge is -2.14. The molecule has 0 saturated carbocycles. The van der Waals surface area contributed by atoms with Crippen molar-refractivity contribution in [3.63, 3.8) is 0 Å². The number of benzene rings is 2. The second-order valence-electron chi connectivity index (χ2n) is 4.44. The molecule has 1 atom stereocenters. The van der Waals surface area contributed by atoms with Gasteiger partial charge in [-0.05, 0) is 33.8 Å². The van der Waals surface area contributed by atoms with E-state index in [4.69, 9.17) is 4.74 Å². The lowest BCUT2D eigenvalue weighted by Crippen LogP contribution is -2.00. The van der Waals surface area contributed by atoms with Crippen LogP contribution in [0.3, 0.4) is 0 Å². The van der Waals surface area contributed by atoms with Crippen LogP contribution in [-0.4, -0.2) is 12.2 Å². The first-order valence-electron chi connectivity index (χ1n) is 6.19. The summed E-state index contributed by atoms with van der Waals surface area (Å²) in [5.74, 6) is 0.731. The number of thiophene rings is 1. The molecule has 1 unspecified atom stereocenters. The number of hydrogen-bond acceptors (Lipinski definition) is 3. The smallest absolute Gasteiger partial charge is 0.135 e. The lowest BCUT2D eigenvalue weighted by atomic mass is 9.99. The van der Waals surface area contributed by atoms with E-state index in [0.29, 0.717) is 0 Å². The second-order valence-corrected chi connectivity index (χ2v) is 6.24. The molecule has 4 heteroatoms. The normalized spacial score (nSPS) is 12.6. The van der Waals surface area contributed by atoms with Crippen LogP contribution in [0.4, 0.5) is 0 Å². The molecule has 0 aliphatic carbocycles. The molecule has 0 aliphatic rings. The maximum atomic E-state index is 10.7. The van der Waals surface area contributed by atoms with Crippen LogP contribution in [0, 0.1) is 0 Å². The first-order valence-corrected chi connectivity index (χ1v) is 7.86. The Bertz CT molecular complexity index is 751. The van der Waals surface area contributed by atoms with Gasteiger partial charge < -0.3 is 9.84 Å². The van der Waals surface area contributed by atoms with E-state index in [1.165, 1.54) is 11.3 Å². The Morgan fingerprint density at radius 1 is 1.10 bits per heavy atom. The Morgan fingerprint density at radius 2 is 1.85 bits per heavy atom. The van der Waals surface area contributed by atoms with Gasteiger partial charge in [0.1, 0.15) is 11.9 Å². The van der Waals surface area contributed by atoms with Gasteiger partial charge >= 0.3 is 0 Å². The zero-order valence-corrected chi connectivity index (χ0v) is 13.2. The predicted molar refractivity (Wildman–Crippen MR) is 86.6 cm³/mol. The van der Waals surface area contributed by atoms with Crippen molar-refractivity contribution in [1.82, 2.24) is 0 Å². The molecular weight excluding hydrogens is 336 g/mol. The molecule has 0 aliphatic heterocycles. The van der Waals surface area contributed by atoms with E-state index < -0.39 is 6.10 Å². The highest BCUT2D eigenvalue weighted by Crippen LogP contribution is 2.38. The van der Waals surface area contributed by atoms with Crippen LogP contribution < -0.4 is 4.74 Å². The Hall–Kier alpha value is -1.36. The highest BCUT2D eigenvalue weighted by atomic mass is 79.9. The van der Waals surface area contributed by atoms with E-state index in [-0.39, 0.29) is 0 Å². The van der Waals surface area contributed by atoms with E-state index in [1.54, 1.807) is 7.11 Å². The lowest BCUT2D eigenvalue weighted by molar-refractivity contribution is 0.220. The summed E-state index contributed by atoms with van der Waals surface area (Å²) >= 11 is 5.06. The number of methoxy groups -OCH3 is 1. The van der Waals surface area contributed by atoms with Gasteiger partial charge in [0.25, 0.3) is 0 Å². The molecule has 0 amide bonds. The fourth-order valence-corrected chi connectivity index (χ4v) is 3.68. The van der Waals surface area contributed by atoms with Crippen molar-refractivity contribution in [2.24, 2.45) is 0 Å². The van der Waals surface area contributed by atoms with Crippen molar-refractivity contribution < 1.29 is 9.84 Å². The quantitative estimate of drug-likeness (QED) is 0.739. The van der Waals surface area contributed by atoms with Gasteiger partial charge in [0.15, 0.2) is 0 Å². The van der Waals surface area contributed by atoms with Crippen LogP contribution in [0.1, 0.15) is 16.5 Å². The molecule has 2 nitrogen and oxygen atoms in total. The van der Waals surface area contributed by atoms with Gasteiger partial charge in [0, 0.05) is 4.47 Å². The summed E-state index contributed by atoms with van der Waals surface area (Å²) < 4.78 is 6.33. The molecule has 102 valence electrons. The molecule has 0 saturated heterocycles. The minimum Gasteiger partial charge on any atom is -0.495 e. The fourth-order valence-electron chi connectivity index (χ4n) is 2.34. The van der Waals surface area contributed by atoms with E-state index in [1.807, 2.05) is 47.8 Å². The summed E-state index contributed by atoms with van der Waals surface area (Å²) in [6, 6.07) is 13.9. The summed E-state index contributed by atoms with van der Waals surface area (Å²) in [4.78, 5) is 0.833. The third kappa shape index (κ3) is 2.24. The predicted octanol–water partition coefficient (Wildman–Crippen LogP) is 4.75. The van der Waals surface area contributed by atoms with Crippen molar-refractivity contribution in [2.75, 3.05) is 7.11 Å². The first-order chi connectivity index (χ1) is 9.72. The zero-order chi connectivity index (χ0) is 14.1.